The lowest BCUT2D eigenvalue weighted by Gasteiger charge is -2.18. The van der Waals surface area contributed by atoms with Crippen LogP contribution in [-0.4, -0.2) is 50.2 Å². The first kappa shape index (κ1) is 22.5. The van der Waals surface area contributed by atoms with Crippen molar-refractivity contribution in [3.63, 3.8) is 0 Å². The Morgan fingerprint density at radius 1 is 1.00 bits per heavy atom. The van der Waals surface area contributed by atoms with E-state index >= 15 is 0 Å². The van der Waals surface area contributed by atoms with Crippen LogP contribution in [0.25, 0.3) is 0 Å². The summed E-state index contributed by atoms with van der Waals surface area (Å²) in [7, 11) is -1.96. The molecule has 3 rings (SSSR count). The van der Waals surface area contributed by atoms with Gasteiger partial charge in [-0.2, -0.15) is 0 Å². The predicted molar refractivity (Wildman–Crippen MR) is 118 cm³/mol. The molecule has 1 aliphatic heterocycles. The highest BCUT2D eigenvalue weighted by molar-refractivity contribution is 7.89. The summed E-state index contributed by atoms with van der Waals surface area (Å²) < 4.78 is 26.3. The van der Waals surface area contributed by atoms with Crippen molar-refractivity contribution in [3.05, 3.63) is 65.7 Å². The van der Waals surface area contributed by atoms with Gasteiger partial charge in [0, 0.05) is 33.1 Å². The number of carbonyl (C=O) groups excluding carboxylic acids is 1. The van der Waals surface area contributed by atoms with Crippen LogP contribution in [0.2, 0.25) is 0 Å². The van der Waals surface area contributed by atoms with Gasteiger partial charge in [0.2, 0.25) is 15.9 Å². The third-order valence-corrected chi connectivity index (χ3v) is 7.39. The summed E-state index contributed by atoms with van der Waals surface area (Å²) in [5, 5.41) is 2.98. The fraction of sp³-hybridized carbons (Fsp3) is 0.435. The molecule has 1 saturated heterocycles. The van der Waals surface area contributed by atoms with Crippen molar-refractivity contribution >= 4 is 15.9 Å². The van der Waals surface area contributed by atoms with Gasteiger partial charge in [-0.15, -0.1) is 0 Å². The van der Waals surface area contributed by atoms with E-state index in [2.05, 4.69) is 22.3 Å². The van der Waals surface area contributed by atoms with Crippen molar-refractivity contribution in [1.29, 1.82) is 0 Å². The zero-order valence-corrected chi connectivity index (χ0v) is 18.4. The molecule has 1 fully saturated rings. The van der Waals surface area contributed by atoms with E-state index in [1.807, 2.05) is 12.1 Å². The van der Waals surface area contributed by atoms with Crippen LogP contribution in [0.3, 0.4) is 0 Å². The van der Waals surface area contributed by atoms with Gasteiger partial charge in [0.1, 0.15) is 0 Å². The maximum atomic E-state index is 12.5. The zero-order chi connectivity index (χ0) is 21.4. The molecule has 0 spiro atoms. The molecule has 2 aromatic rings. The maximum Gasteiger partial charge on any atom is 0.242 e. The molecule has 30 heavy (non-hydrogen) atoms. The van der Waals surface area contributed by atoms with Crippen LogP contribution < -0.4 is 5.32 Å². The van der Waals surface area contributed by atoms with Crippen LogP contribution in [0, 0.1) is 0 Å². The number of nitrogens with zero attached hydrogens (tertiary/aromatic N) is 2. The van der Waals surface area contributed by atoms with Crippen molar-refractivity contribution in [2.75, 3.05) is 26.7 Å². The number of hydrogen-bond acceptors (Lipinski definition) is 4. The fourth-order valence-corrected chi connectivity index (χ4v) is 4.93. The highest BCUT2D eigenvalue weighted by Gasteiger charge is 2.20. The molecule has 1 N–H and O–H groups in total. The molecule has 1 heterocycles. The minimum absolute atomic E-state index is 0.0588. The van der Waals surface area contributed by atoms with E-state index in [-0.39, 0.29) is 10.8 Å². The minimum atomic E-state index is -3.51. The molecule has 0 saturated carbocycles. The van der Waals surface area contributed by atoms with Gasteiger partial charge >= 0.3 is 0 Å². The Labute approximate surface area is 179 Å². The highest BCUT2D eigenvalue weighted by atomic mass is 32.2. The van der Waals surface area contributed by atoms with Crippen LogP contribution in [-0.2, 0) is 27.9 Å². The van der Waals surface area contributed by atoms with E-state index in [0.717, 1.165) is 25.2 Å². The van der Waals surface area contributed by atoms with Crippen molar-refractivity contribution in [2.45, 2.75) is 43.7 Å². The Morgan fingerprint density at radius 3 is 2.33 bits per heavy atom. The molecule has 1 amide bonds. The summed E-state index contributed by atoms with van der Waals surface area (Å²) in [4.78, 5) is 15.0. The lowest BCUT2D eigenvalue weighted by atomic mass is 10.1. The van der Waals surface area contributed by atoms with E-state index in [1.54, 1.807) is 37.4 Å². The van der Waals surface area contributed by atoms with Crippen molar-refractivity contribution < 1.29 is 13.2 Å². The lowest BCUT2D eigenvalue weighted by molar-refractivity contribution is -0.121. The average molecular weight is 430 g/mol. The number of carbonyl (C=O) groups is 1. The average Bonchev–Trinajstić information content (AvgIpc) is 3.27. The molecular formula is C23H31N3O3S. The van der Waals surface area contributed by atoms with Crippen LogP contribution >= 0.6 is 0 Å². The van der Waals surface area contributed by atoms with E-state index in [4.69, 9.17) is 0 Å². The number of sulfonamides is 1. The van der Waals surface area contributed by atoms with Gasteiger partial charge in [0.15, 0.2) is 0 Å². The molecule has 0 unspecified atom stereocenters. The van der Waals surface area contributed by atoms with Crippen molar-refractivity contribution in [2.24, 2.45) is 0 Å². The molecule has 0 radical (unpaired) electrons. The third kappa shape index (κ3) is 6.14. The van der Waals surface area contributed by atoms with Gasteiger partial charge in [-0.05, 0) is 55.6 Å². The molecule has 0 aliphatic carbocycles. The first-order valence-corrected chi connectivity index (χ1v) is 12.0. The Kier molecular flexibility index (Phi) is 8.01. The smallest absolute Gasteiger partial charge is 0.242 e. The zero-order valence-electron chi connectivity index (χ0n) is 17.6. The second kappa shape index (κ2) is 10.7. The number of amides is 1. The third-order valence-electron chi connectivity index (χ3n) is 5.52. The Balaban J connectivity index is 1.44. The summed E-state index contributed by atoms with van der Waals surface area (Å²) in [6.45, 7) is 4.01. The molecule has 0 bridgehead atoms. The van der Waals surface area contributed by atoms with Crippen molar-refractivity contribution in [3.8, 4) is 0 Å². The molecule has 6 nitrogen and oxygen atoms in total. The van der Waals surface area contributed by atoms with Gasteiger partial charge in [0.25, 0.3) is 0 Å². The molecule has 7 heteroatoms. The normalized spacial score (nSPS) is 14.9. The summed E-state index contributed by atoms with van der Waals surface area (Å²) in [5.74, 6) is -0.0588. The van der Waals surface area contributed by atoms with Crippen LogP contribution in [0.1, 0.15) is 36.8 Å². The summed E-state index contributed by atoms with van der Waals surface area (Å²) in [6, 6.07) is 16.6. The topological polar surface area (TPSA) is 69.7 Å². The van der Waals surface area contributed by atoms with E-state index in [9.17, 15) is 13.2 Å². The van der Waals surface area contributed by atoms with Gasteiger partial charge in [0.05, 0.1) is 4.90 Å². The first-order valence-electron chi connectivity index (χ1n) is 10.5. The second-order valence-corrected chi connectivity index (χ2v) is 9.82. The van der Waals surface area contributed by atoms with Crippen LogP contribution in [0.5, 0.6) is 0 Å². The monoisotopic (exact) mass is 429 g/mol. The number of benzene rings is 2. The number of likely N-dealkylation sites (tertiary alicyclic amines) is 1. The molecule has 2 aromatic carbocycles. The van der Waals surface area contributed by atoms with Crippen LogP contribution in [0.15, 0.2) is 59.5 Å². The number of hydrogen-bond donors (Lipinski definition) is 1. The first-order chi connectivity index (χ1) is 14.5. The summed E-state index contributed by atoms with van der Waals surface area (Å²) in [6.07, 6.45) is 3.29. The largest absolute Gasteiger partial charge is 0.352 e. The summed E-state index contributed by atoms with van der Waals surface area (Å²) >= 11 is 0. The number of nitrogens with one attached hydrogen (secondary N) is 1. The molecule has 0 atom stereocenters. The van der Waals surface area contributed by atoms with Gasteiger partial charge in [-0.1, -0.05) is 42.5 Å². The highest BCUT2D eigenvalue weighted by Crippen LogP contribution is 2.16. The van der Waals surface area contributed by atoms with E-state index < -0.39 is 10.0 Å². The number of rotatable bonds is 10. The molecule has 0 aromatic heterocycles. The molecular weight excluding hydrogens is 398 g/mol. The molecule has 1 aliphatic rings. The lowest BCUT2D eigenvalue weighted by Crippen LogP contribution is -2.29. The van der Waals surface area contributed by atoms with Crippen molar-refractivity contribution in [1.82, 2.24) is 14.5 Å². The van der Waals surface area contributed by atoms with E-state index in [0.29, 0.717) is 25.9 Å². The Bertz CT molecular complexity index is 926. The standard InChI is InChI=1S/C23H31N3O3S/c1-25(30(28,29)22-12-3-2-4-13-22)15-9-14-23(27)24-18-20-10-5-6-11-21(20)19-26-16-7-8-17-26/h2-6,10-13H,7-9,14-19H2,1H3,(H,24,27). The quantitative estimate of drug-likeness (QED) is 0.630. The predicted octanol–water partition coefficient (Wildman–Crippen LogP) is 3.00. The Morgan fingerprint density at radius 2 is 1.63 bits per heavy atom. The SMILES string of the molecule is CN(CCCC(=O)NCc1ccccc1CN1CCCC1)S(=O)(=O)c1ccccc1. The van der Waals surface area contributed by atoms with Crippen LogP contribution in [0.4, 0.5) is 0 Å². The molecule has 162 valence electrons. The minimum Gasteiger partial charge on any atom is -0.352 e. The second-order valence-electron chi connectivity index (χ2n) is 7.77. The van der Waals surface area contributed by atoms with E-state index in [1.165, 1.54) is 22.7 Å². The van der Waals surface area contributed by atoms with Gasteiger partial charge in [-0.25, -0.2) is 12.7 Å². The maximum absolute atomic E-state index is 12.5. The van der Waals surface area contributed by atoms with Gasteiger partial charge in [-0.3, -0.25) is 9.69 Å². The summed E-state index contributed by atoms with van der Waals surface area (Å²) in [5.41, 5.74) is 2.40. The fourth-order valence-electron chi connectivity index (χ4n) is 3.70. The Hall–Kier alpha value is -2.22. The van der Waals surface area contributed by atoms with Gasteiger partial charge < -0.3 is 5.32 Å².